The Morgan fingerprint density at radius 2 is 2.11 bits per heavy atom. The molecule has 0 saturated carbocycles. The minimum absolute atomic E-state index is 0.0515. The first-order valence-electron chi connectivity index (χ1n) is 5.76. The van der Waals surface area contributed by atoms with Gasteiger partial charge < -0.3 is 11.1 Å². The van der Waals surface area contributed by atoms with E-state index in [0.717, 1.165) is 21.3 Å². The molecule has 0 amide bonds. The highest BCUT2D eigenvalue weighted by Crippen LogP contribution is 2.28. The number of aromatic nitrogens is 1. The molecule has 3 N–H and O–H groups in total. The zero-order valence-corrected chi connectivity index (χ0v) is 12.0. The number of pyridine rings is 1. The zero-order chi connectivity index (χ0) is 13.1. The van der Waals surface area contributed by atoms with Crippen LogP contribution in [0.2, 0.25) is 0 Å². The van der Waals surface area contributed by atoms with Gasteiger partial charge in [0.2, 0.25) is 0 Å². The standard InChI is InChI=1S/C14H16BrN3/c1-9-3-4-10(7-12(9)15)14(17-2)11-8-18-6-5-13(11)16/h3-8,14,17H,1-2H3,(H2,16,18). The van der Waals surface area contributed by atoms with Gasteiger partial charge in [-0.1, -0.05) is 28.1 Å². The Morgan fingerprint density at radius 1 is 1.33 bits per heavy atom. The van der Waals surface area contributed by atoms with Gasteiger partial charge in [-0.25, -0.2) is 0 Å². The first kappa shape index (κ1) is 13.1. The van der Waals surface area contributed by atoms with Crippen molar-refractivity contribution in [2.45, 2.75) is 13.0 Å². The molecule has 0 fully saturated rings. The molecule has 0 aliphatic heterocycles. The van der Waals surface area contributed by atoms with Crippen LogP contribution in [0.4, 0.5) is 5.69 Å². The Morgan fingerprint density at radius 3 is 2.72 bits per heavy atom. The minimum atomic E-state index is 0.0515. The molecular formula is C14H16BrN3. The Bertz CT molecular complexity index is 554. The second-order valence-electron chi connectivity index (χ2n) is 4.23. The lowest BCUT2D eigenvalue weighted by Crippen LogP contribution is -2.19. The van der Waals surface area contributed by atoms with Crippen LogP contribution in [0.5, 0.6) is 0 Å². The van der Waals surface area contributed by atoms with Crippen molar-refractivity contribution in [3.63, 3.8) is 0 Å². The van der Waals surface area contributed by atoms with Gasteiger partial charge in [0.15, 0.2) is 0 Å². The summed E-state index contributed by atoms with van der Waals surface area (Å²) in [4.78, 5) is 4.15. The van der Waals surface area contributed by atoms with E-state index in [9.17, 15) is 0 Å². The molecule has 0 spiro atoms. The van der Waals surface area contributed by atoms with E-state index in [2.05, 4.69) is 51.4 Å². The van der Waals surface area contributed by atoms with Gasteiger partial charge in [-0.2, -0.15) is 0 Å². The van der Waals surface area contributed by atoms with Gasteiger partial charge in [0, 0.05) is 28.1 Å². The fraction of sp³-hybridized carbons (Fsp3) is 0.214. The normalized spacial score (nSPS) is 12.4. The van der Waals surface area contributed by atoms with Gasteiger partial charge in [-0.3, -0.25) is 4.98 Å². The predicted octanol–water partition coefficient (Wildman–Crippen LogP) is 3.04. The maximum absolute atomic E-state index is 6.01. The maximum atomic E-state index is 6.01. The third kappa shape index (κ3) is 2.54. The number of hydrogen-bond acceptors (Lipinski definition) is 3. The fourth-order valence-corrected chi connectivity index (χ4v) is 2.35. The summed E-state index contributed by atoms with van der Waals surface area (Å²) >= 11 is 3.56. The van der Waals surface area contributed by atoms with Crippen LogP contribution in [-0.2, 0) is 0 Å². The lowest BCUT2D eigenvalue weighted by atomic mass is 9.98. The van der Waals surface area contributed by atoms with Crippen molar-refractivity contribution in [3.05, 3.63) is 57.8 Å². The third-order valence-corrected chi connectivity index (χ3v) is 3.87. The average Bonchev–Trinajstić information content (AvgIpc) is 2.37. The van der Waals surface area contributed by atoms with E-state index in [1.54, 1.807) is 6.20 Å². The van der Waals surface area contributed by atoms with E-state index >= 15 is 0 Å². The molecule has 1 atom stereocenters. The summed E-state index contributed by atoms with van der Waals surface area (Å²) in [7, 11) is 1.92. The molecule has 0 saturated heterocycles. The zero-order valence-electron chi connectivity index (χ0n) is 10.4. The van der Waals surface area contributed by atoms with E-state index < -0.39 is 0 Å². The molecule has 1 heterocycles. The highest BCUT2D eigenvalue weighted by atomic mass is 79.9. The summed E-state index contributed by atoms with van der Waals surface area (Å²) in [6.07, 6.45) is 3.51. The van der Waals surface area contributed by atoms with E-state index in [-0.39, 0.29) is 6.04 Å². The summed E-state index contributed by atoms with van der Waals surface area (Å²) < 4.78 is 1.10. The van der Waals surface area contributed by atoms with Crippen molar-refractivity contribution >= 4 is 21.6 Å². The number of nitrogens with zero attached hydrogens (tertiary/aromatic N) is 1. The largest absolute Gasteiger partial charge is 0.398 e. The number of nitrogens with one attached hydrogen (secondary N) is 1. The monoisotopic (exact) mass is 305 g/mol. The van der Waals surface area contributed by atoms with Gasteiger partial charge in [-0.15, -0.1) is 0 Å². The van der Waals surface area contributed by atoms with Crippen molar-refractivity contribution in [1.82, 2.24) is 10.3 Å². The number of nitrogen functional groups attached to an aromatic ring is 1. The highest BCUT2D eigenvalue weighted by Gasteiger charge is 2.15. The number of anilines is 1. The molecule has 94 valence electrons. The van der Waals surface area contributed by atoms with Crippen LogP contribution in [0, 0.1) is 6.92 Å². The van der Waals surface area contributed by atoms with Crippen molar-refractivity contribution in [1.29, 1.82) is 0 Å². The van der Waals surface area contributed by atoms with Gasteiger partial charge in [0.05, 0.1) is 6.04 Å². The first-order chi connectivity index (χ1) is 8.63. The van der Waals surface area contributed by atoms with Crippen LogP contribution in [0.3, 0.4) is 0 Å². The number of rotatable bonds is 3. The van der Waals surface area contributed by atoms with E-state index in [4.69, 9.17) is 5.73 Å². The Hall–Kier alpha value is -1.39. The van der Waals surface area contributed by atoms with Crippen molar-refractivity contribution in [3.8, 4) is 0 Å². The maximum Gasteiger partial charge on any atom is 0.0610 e. The number of halogens is 1. The summed E-state index contributed by atoms with van der Waals surface area (Å²) in [6, 6.07) is 8.19. The molecule has 18 heavy (non-hydrogen) atoms. The smallest absolute Gasteiger partial charge is 0.0610 e. The van der Waals surface area contributed by atoms with Crippen LogP contribution in [0.25, 0.3) is 0 Å². The van der Waals surface area contributed by atoms with Crippen LogP contribution in [-0.4, -0.2) is 12.0 Å². The molecule has 0 bridgehead atoms. The van der Waals surface area contributed by atoms with Crippen LogP contribution in [0.15, 0.2) is 41.1 Å². The number of nitrogens with two attached hydrogens (primary N) is 1. The molecule has 3 nitrogen and oxygen atoms in total. The lowest BCUT2D eigenvalue weighted by Gasteiger charge is -2.19. The van der Waals surface area contributed by atoms with Gasteiger partial charge in [-0.05, 0) is 37.2 Å². The topological polar surface area (TPSA) is 50.9 Å². The summed E-state index contributed by atoms with van der Waals surface area (Å²) in [5.41, 5.74) is 10.1. The second kappa shape index (κ2) is 5.50. The molecule has 0 radical (unpaired) electrons. The molecule has 1 aromatic carbocycles. The molecule has 4 heteroatoms. The quantitative estimate of drug-likeness (QED) is 0.916. The molecule has 0 aliphatic rings. The van der Waals surface area contributed by atoms with Crippen molar-refractivity contribution < 1.29 is 0 Å². The van der Waals surface area contributed by atoms with Crippen LogP contribution in [0.1, 0.15) is 22.7 Å². The average molecular weight is 306 g/mol. The molecule has 0 aliphatic carbocycles. The molecule has 2 rings (SSSR count). The molecular weight excluding hydrogens is 290 g/mol. The van der Waals surface area contributed by atoms with E-state index in [1.165, 1.54) is 5.56 Å². The summed E-state index contributed by atoms with van der Waals surface area (Å²) in [5.74, 6) is 0. The van der Waals surface area contributed by atoms with E-state index in [1.807, 2.05) is 19.3 Å². The van der Waals surface area contributed by atoms with Crippen LogP contribution >= 0.6 is 15.9 Å². The Balaban J connectivity index is 2.45. The number of aryl methyl sites for hydroxylation is 1. The number of benzene rings is 1. The summed E-state index contributed by atoms with van der Waals surface area (Å²) in [5, 5.41) is 3.28. The Labute approximate surface area is 116 Å². The van der Waals surface area contributed by atoms with E-state index in [0.29, 0.717) is 0 Å². The van der Waals surface area contributed by atoms with Gasteiger partial charge >= 0.3 is 0 Å². The highest BCUT2D eigenvalue weighted by molar-refractivity contribution is 9.10. The Kier molecular flexibility index (Phi) is 3.99. The number of hydrogen-bond donors (Lipinski definition) is 2. The molecule has 1 aromatic heterocycles. The first-order valence-corrected chi connectivity index (χ1v) is 6.55. The van der Waals surface area contributed by atoms with Crippen molar-refractivity contribution in [2.24, 2.45) is 0 Å². The minimum Gasteiger partial charge on any atom is -0.398 e. The molecule has 2 aromatic rings. The van der Waals surface area contributed by atoms with Crippen molar-refractivity contribution in [2.75, 3.05) is 12.8 Å². The van der Waals surface area contributed by atoms with Gasteiger partial charge in [0.1, 0.15) is 0 Å². The lowest BCUT2D eigenvalue weighted by molar-refractivity contribution is 0.690. The predicted molar refractivity (Wildman–Crippen MR) is 78.4 cm³/mol. The van der Waals surface area contributed by atoms with Gasteiger partial charge in [0.25, 0.3) is 0 Å². The third-order valence-electron chi connectivity index (χ3n) is 3.02. The van der Waals surface area contributed by atoms with Crippen LogP contribution < -0.4 is 11.1 Å². The fourth-order valence-electron chi connectivity index (χ4n) is 1.95. The molecule has 1 unspecified atom stereocenters. The summed E-state index contributed by atoms with van der Waals surface area (Å²) in [6.45, 7) is 2.07. The SMILES string of the molecule is CNC(c1ccc(C)c(Br)c1)c1cnccc1N. The second-order valence-corrected chi connectivity index (χ2v) is 5.09.